The van der Waals surface area contributed by atoms with Crippen molar-refractivity contribution in [1.29, 1.82) is 0 Å². The maximum Gasteiger partial charge on any atom is 0.444 e. The second-order valence-electron chi connectivity index (χ2n) is 5.21. The van der Waals surface area contributed by atoms with Gasteiger partial charge in [0.25, 0.3) is 5.91 Å². The Labute approximate surface area is 147 Å². The Bertz CT molecular complexity index is 976. The zero-order chi connectivity index (χ0) is 18.0. The molecule has 1 aromatic heterocycles. The highest BCUT2D eigenvalue weighted by Crippen LogP contribution is 2.18. The number of nitrogens with zero attached hydrogens (tertiary/aromatic N) is 2. The van der Waals surface area contributed by atoms with Crippen molar-refractivity contribution in [3.63, 3.8) is 0 Å². The van der Waals surface area contributed by atoms with Crippen LogP contribution in [0.5, 0.6) is 6.08 Å². The number of anilines is 1. The third-order valence-corrected chi connectivity index (χ3v) is 3.74. The van der Waals surface area contributed by atoms with Crippen LogP contribution in [0.2, 0.25) is 5.02 Å². The van der Waals surface area contributed by atoms with Gasteiger partial charge < -0.3 is 14.5 Å². The van der Waals surface area contributed by atoms with Crippen molar-refractivity contribution in [1.82, 2.24) is 9.78 Å². The maximum absolute atomic E-state index is 12.3. The molecule has 2 aromatic carbocycles. The molecule has 0 fully saturated rings. The number of rotatable bonds is 4. The van der Waals surface area contributed by atoms with Crippen molar-refractivity contribution in [2.24, 2.45) is 0 Å². The third kappa shape index (κ3) is 3.56. The van der Waals surface area contributed by atoms with Gasteiger partial charge in [0.15, 0.2) is 0 Å². The minimum atomic E-state index is -0.662. The summed E-state index contributed by atoms with van der Waals surface area (Å²) in [6.07, 6.45) is -0.124. The van der Waals surface area contributed by atoms with Crippen LogP contribution in [0.1, 0.15) is 15.9 Å². The second-order valence-corrected chi connectivity index (χ2v) is 5.65. The summed E-state index contributed by atoms with van der Waals surface area (Å²) in [6, 6.07) is 11.6. The molecular weight excluding hydrogens is 346 g/mol. The number of benzene rings is 2. The normalized spacial score (nSPS) is 10.5. The van der Waals surface area contributed by atoms with Gasteiger partial charge in [0, 0.05) is 16.3 Å². The highest BCUT2D eigenvalue weighted by Gasteiger charge is 2.12. The number of hydrogen-bond acceptors (Lipinski definition) is 5. The highest BCUT2D eigenvalue weighted by atomic mass is 35.5. The lowest BCUT2D eigenvalue weighted by Gasteiger charge is -2.08. The molecule has 1 amide bonds. The van der Waals surface area contributed by atoms with E-state index in [-0.39, 0.29) is 12.0 Å². The van der Waals surface area contributed by atoms with Crippen molar-refractivity contribution in [2.75, 3.05) is 12.4 Å². The van der Waals surface area contributed by atoms with Crippen molar-refractivity contribution in [3.05, 3.63) is 69.2 Å². The molecule has 3 aromatic rings. The van der Waals surface area contributed by atoms with E-state index in [1.165, 1.54) is 7.11 Å². The summed E-state index contributed by atoms with van der Waals surface area (Å²) in [7, 11) is 1.35. The van der Waals surface area contributed by atoms with Crippen LogP contribution in [0.25, 0.3) is 5.69 Å². The summed E-state index contributed by atoms with van der Waals surface area (Å²) >= 11 is 5.90. The number of carbonyl (C=O) groups excluding carboxylic acids is 1. The molecule has 0 atom stereocenters. The molecule has 0 radical (unpaired) electrons. The van der Waals surface area contributed by atoms with E-state index in [2.05, 4.69) is 10.4 Å². The lowest BCUT2D eigenvalue weighted by molar-refractivity contribution is 0.102. The zero-order valence-corrected chi connectivity index (χ0v) is 14.2. The van der Waals surface area contributed by atoms with Crippen molar-refractivity contribution in [2.45, 2.75) is 6.92 Å². The fourth-order valence-corrected chi connectivity index (χ4v) is 2.50. The van der Waals surface area contributed by atoms with Gasteiger partial charge in [0.1, 0.15) is 0 Å². The molecule has 0 aliphatic rings. The largest absolute Gasteiger partial charge is 0.452 e. The van der Waals surface area contributed by atoms with Crippen LogP contribution in [-0.2, 0) is 0 Å². The molecule has 1 heterocycles. The Morgan fingerprint density at radius 1 is 1.24 bits per heavy atom. The van der Waals surface area contributed by atoms with E-state index in [4.69, 9.17) is 20.8 Å². The average molecular weight is 360 g/mol. The van der Waals surface area contributed by atoms with Crippen molar-refractivity contribution in [3.8, 4) is 11.8 Å². The fraction of sp³-hybridized carbons (Fsp3) is 0.118. The number of amides is 1. The van der Waals surface area contributed by atoms with Crippen LogP contribution in [0.15, 0.2) is 51.7 Å². The summed E-state index contributed by atoms with van der Waals surface area (Å²) < 4.78 is 10.6. The van der Waals surface area contributed by atoms with Crippen molar-refractivity contribution < 1.29 is 13.9 Å². The quantitative estimate of drug-likeness (QED) is 0.773. The molecule has 0 saturated carbocycles. The van der Waals surface area contributed by atoms with Gasteiger partial charge in [-0.15, -0.1) is 0 Å². The molecule has 8 heteroatoms. The van der Waals surface area contributed by atoms with E-state index in [0.717, 1.165) is 10.2 Å². The lowest BCUT2D eigenvalue weighted by atomic mass is 10.1. The number of methoxy groups -OCH3 is 1. The number of aromatic nitrogens is 2. The van der Waals surface area contributed by atoms with Crippen LogP contribution in [0, 0.1) is 6.92 Å². The average Bonchev–Trinajstić information content (AvgIpc) is 2.96. The number of nitrogens with one attached hydrogen (secondary N) is 1. The number of aryl methyl sites for hydroxylation is 1. The molecule has 0 bridgehead atoms. The summed E-state index contributed by atoms with van der Waals surface area (Å²) in [4.78, 5) is 24.0. The molecule has 3 rings (SSSR count). The summed E-state index contributed by atoms with van der Waals surface area (Å²) in [5.41, 5.74) is 2.37. The van der Waals surface area contributed by atoms with Gasteiger partial charge in [0.05, 0.1) is 12.8 Å². The maximum atomic E-state index is 12.3. The van der Waals surface area contributed by atoms with Crippen LogP contribution in [0.4, 0.5) is 5.69 Å². The van der Waals surface area contributed by atoms with E-state index in [1.807, 2.05) is 6.92 Å². The number of hydrogen-bond donors (Lipinski definition) is 1. The molecule has 1 N–H and O–H groups in total. The molecule has 0 aliphatic carbocycles. The predicted octanol–water partition coefficient (Wildman–Crippen LogP) is 3.05. The van der Waals surface area contributed by atoms with Crippen LogP contribution >= 0.6 is 11.6 Å². The molecule has 0 spiro atoms. The first-order valence-electron chi connectivity index (χ1n) is 7.30. The fourth-order valence-electron chi connectivity index (χ4n) is 2.27. The van der Waals surface area contributed by atoms with E-state index < -0.39 is 5.76 Å². The van der Waals surface area contributed by atoms with Crippen LogP contribution < -0.4 is 15.8 Å². The Hall–Kier alpha value is -3.06. The van der Waals surface area contributed by atoms with Gasteiger partial charge in [-0.05, 0) is 55.0 Å². The first-order valence-corrected chi connectivity index (χ1v) is 7.68. The zero-order valence-electron chi connectivity index (χ0n) is 13.4. The Morgan fingerprint density at radius 3 is 2.56 bits per heavy atom. The van der Waals surface area contributed by atoms with Gasteiger partial charge in [0.2, 0.25) is 0 Å². The topological polar surface area (TPSA) is 86.4 Å². The van der Waals surface area contributed by atoms with E-state index in [1.54, 1.807) is 42.5 Å². The lowest BCUT2D eigenvalue weighted by Crippen LogP contribution is -2.15. The minimum Gasteiger partial charge on any atom is -0.452 e. The van der Waals surface area contributed by atoms with E-state index >= 15 is 0 Å². The molecule has 0 saturated heterocycles. The monoisotopic (exact) mass is 359 g/mol. The summed E-state index contributed by atoms with van der Waals surface area (Å²) in [5, 5.41) is 7.24. The van der Waals surface area contributed by atoms with Crippen LogP contribution in [-0.4, -0.2) is 22.8 Å². The van der Waals surface area contributed by atoms with Crippen molar-refractivity contribution >= 4 is 23.2 Å². The molecule has 25 heavy (non-hydrogen) atoms. The van der Waals surface area contributed by atoms with E-state index in [9.17, 15) is 9.59 Å². The molecule has 0 aliphatic heterocycles. The number of halogens is 1. The minimum absolute atomic E-state index is 0.124. The molecule has 7 nitrogen and oxygen atoms in total. The Kier molecular flexibility index (Phi) is 4.58. The Morgan fingerprint density at radius 2 is 1.96 bits per heavy atom. The third-order valence-electron chi connectivity index (χ3n) is 3.51. The SMILES string of the molecule is COc1nn(-c2ccc(NC(=O)c3ccc(Cl)cc3C)cc2)c(=O)o1. The molecular formula is C17H14ClN3O4. The summed E-state index contributed by atoms with van der Waals surface area (Å²) in [6.45, 7) is 1.81. The highest BCUT2D eigenvalue weighted by molar-refractivity contribution is 6.30. The summed E-state index contributed by atoms with van der Waals surface area (Å²) in [5.74, 6) is -0.910. The molecule has 128 valence electrons. The van der Waals surface area contributed by atoms with Gasteiger partial charge in [-0.2, -0.15) is 4.68 Å². The number of ether oxygens (including phenoxy) is 1. The smallest absolute Gasteiger partial charge is 0.444 e. The van der Waals surface area contributed by atoms with Gasteiger partial charge in [-0.3, -0.25) is 4.79 Å². The first-order chi connectivity index (χ1) is 12.0. The predicted molar refractivity (Wildman–Crippen MR) is 92.8 cm³/mol. The number of carbonyl (C=O) groups is 1. The van der Waals surface area contributed by atoms with Gasteiger partial charge >= 0.3 is 11.8 Å². The van der Waals surface area contributed by atoms with Gasteiger partial charge in [-0.25, -0.2) is 4.79 Å². The van der Waals surface area contributed by atoms with E-state index in [0.29, 0.717) is 22.0 Å². The Balaban J connectivity index is 1.79. The van der Waals surface area contributed by atoms with Crippen LogP contribution in [0.3, 0.4) is 0 Å². The standard InChI is InChI=1S/C17H14ClN3O4/c1-10-9-11(18)3-8-14(10)15(22)19-12-4-6-13(7-5-12)21-17(23)25-16(20-21)24-2/h3-9H,1-2H3,(H,19,22). The first kappa shape index (κ1) is 16.8. The second kappa shape index (κ2) is 6.82. The van der Waals surface area contributed by atoms with Gasteiger partial charge in [-0.1, -0.05) is 16.7 Å². The molecule has 0 unspecified atom stereocenters.